The molecule has 0 saturated carbocycles. The van der Waals surface area contributed by atoms with Crippen LogP contribution in [0.3, 0.4) is 0 Å². The largest absolute Gasteiger partial charge is 0.462 e. The van der Waals surface area contributed by atoms with Crippen LogP contribution in [0, 0.1) is 21.4 Å². The Hall–Kier alpha value is -3.40. The van der Waals surface area contributed by atoms with Crippen LogP contribution in [0.4, 0.5) is 5.69 Å². The van der Waals surface area contributed by atoms with Gasteiger partial charge in [0.1, 0.15) is 23.2 Å². The van der Waals surface area contributed by atoms with E-state index >= 15 is 0 Å². The van der Waals surface area contributed by atoms with Crippen molar-refractivity contribution in [1.29, 1.82) is 5.26 Å². The number of benzene rings is 1. The topological polar surface area (TPSA) is 106 Å². The van der Waals surface area contributed by atoms with Crippen molar-refractivity contribution in [3.8, 4) is 17.4 Å². The zero-order valence-electron chi connectivity index (χ0n) is 12.2. The summed E-state index contributed by atoms with van der Waals surface area (Å²) in [5.41, 5.74) is 0.00498. The molecule has 0 atom stereocenters. The van der Waals surface area contributed by atoms with Crippen molar-refractivity contribution < 1.29 is 18.9 Å². The number of nitrogens with zero attached hydrogens (tertiary/aromatic N) is 2. The maximum Gasteiger partial charge on any atom is 0.349 e. The van der Waals surface area contributed by atoms with Gasteiger partial charge in [0.25, 0.3) is 5.69 Å². The van der Waals surface area contributed by atoms with Crippen LogP contribution in [0.2, 0.25) is 0 Å². The molecule has 0 amide bonds. The van der Waals surface area contributed by atoms with Gasteiger partial charge in [-0.05, 0) is 25.1 Å². The molecule has 1 aromatic carbocycles. The maximum atomic E-state index is 11.6. The molecule has 0 bridgehead atoms. The fourth-order valence-electron chi connectivity index (χ4n) is 1.90. The number of hydrogen-bond acceptors (Lipinski definition) is 6. The molecule has 2 aromatic rings. The molecule has 7 nitrogen and oxygen atoms in total. The van der Waals surface area contributed by atoms with E-state index < -0.39 is 10.9 Å². The van der Waals surface area contributed by atoms with E-state index in [0.717, 1.165) is 0 Å². The molecule has 7 heteroatoms. The summed E-state index contributed by atoms with van der Waals surface area (Å²) in [6.45, 7) is 1.78. The van der Waals surface area contributed by atoms with E-state index in [1.165, 1.54) is 24.3 Å². The quantitative estimate of drug-likeness (QED) is 0.275. The van der Waals surface area contributed by atoms with Crippen molar-refractivity contribution in [2.75, 3.05) is 6.61 Å². The van der Waals surface area contributed by atoms with Gasteiger partial charge in [0, 0.05) is 12.1 Å². The van der Waals surface area contributed by atoms with Gasteiger partial charge in [-0.1, -0.05) is 12.1 Å². The van der Waals surface area contributed by atoms with Crippen molar-refractivity contribution >= 4 is 17.7 Å². The van der Waals surface area contributed by atoms with Crippen LogP contribution in [-0.2, 0) is 9.53 Å². The molecule has 23 heavy (non-hydrogen) atoms. The Labute approximate surface area is 131 Å². The van der Waals surface area contributed by atoms with Gasteiger partial charge in [0.15, 0.2) is 0 Å². The number of nitriles is 1. The molecule has 0 aliphatic rings. The Kier molecular flexibility index (Phi) is 4.89. The summed E-state index contributed by atoms with van der Waals surface area (Å²) < 4.78 is 10.2. The third-order valence-electron chi connectivity index (χ3n) is 2.90. The van der Waals surface area contributed by atoms with Crippen LogP contribution < -0.4 is 0 Å². The molecule has 0 saturated heterocycles. The first-order chi connectivity index (χ1) is 11.1. The molecule has 1 aromatic heterocycles. The fourth-order valence-corrected chi connectivity index (χ4v) is 1.90. The van der Waals surface area contributed by atoms with Crippen LogP contribution in [0.25, 0.3) is 17.4 Å². The number of hydrogen-bond donors (Lipinski definition) is 0. The number of esters is 1. The highest BCUT2D eigenvalue weighted by atomic mass is 16.6. The summed E-state index contributed by atoms with van der Waals surface area (Å²) in [4.78, 5) is 22.1. The number of ether oxygens (including phenoxy) is 1. The molecule has 0 aliphatic heterocycles. The Bertz CT molecular complexity index is 814. The average Bonchev–Trinajstić information content (AvgIpc) is 3.01. The maximum absolute atomic E-state index is 11.6. The third kappa shape index (κ3) is 3.63. The third-order valence-corrected chi connectivity index (χ3v) is 2.90. The molecular weight excluding hydrogens is 300 g/mol. The molecular formula is C16H12N2O5. The van der Waals surface area contributed by atoms with Crippen LogP contribution in [-0.4, -0.2) is 17.5 Å². The number of nitro benzene ring substituents is 1. The van der Waals surface area contributed by atoms with Gasteiger partial charge in [-0.25, -0.2) is 4.79 Å². The summed E-state index contributed by atoms with van der Waals surface area (Å²) in [7, 11) is 0. The van der Waals surface area contributed by atoms with Gasteiger partial charge in [-0.15, -0.1) is 0 Å². The normalized spacial score (nSPS) is 10.9. The Morgan fingerprint density at radius 3 is 2.78 bits per heavy atom. The van der Waals surface area contributed by atoms with Gasteiger partial charge < -0.3 is 9.15 Å². The first-order valence-corrected chi connectivity index (χ1v) is 6.69. The second-order valence-electron chi connectivity index (χ2n) is 4.37. The highest BCUT2D eigenvalue weighted by molar-refractivity contribution is 5.97. The van der Waals surface area contributed by atoms with Crippen LogP contribution in [0.5, 0.6) is 0 Å². The first-order valence-electron chi connectivity index (χ1n) is 6.69. The highest BCUT2D eigenvalue weighted by Gasteiger charge is 2.17. The Morgan fingerprint density at radius 1 is 1.39 bits per heavy atom. The Morgan fingerprint density at radius 2 is 2.13 bits per heavy atom. The lowest BCUT2D eigenvalue weighted by Gasteiger charge is -1.99. The molecule has 0 spiro atoms. The van der Waals surface area contributed by atoms with Gasteiger partial charge in [-0.3, -0.25) is 10.1 Å². The van der Waals surface area contributed by atoms with Gasteiger partial charge >= 0.3 is 5.97 Å². The lowest BCUT2D eigenvalue weighted by molar-refractivity contribution is -0.384. The molecule has 1 heterocycles. The van der Waals surface area contributed by atoms with Crippen molar-refractivity contribution in [3.63, 3.8) is 0 Å². The van der Waals surface area contributed by atoms with Gasteiger partial charge in [-0.2, -0.15) is 5.26 Å². The molecule has 0 aliphatic carbocycles. The molecule has 0 unspecified atom stereocenters. The first kappa shape index (κ1) is 16.0. The van der Waals surface area contributed by atoms with E-state index in [1.54, 1.807) is 31.2 Å². The summed E-state index contributed by atoms with van der Waals surface area (Å²) in [5.74, 6) is -0.258. The van der Waals surface area contributed by atoms with E-state index in [1.807, 2.05) is 0 Å². The predicted molar refractivity (Wildman–Crippen MR) is 81.0 cm³/mol. The van der Waals surface area contributed by atoms with Crippen LogP contribution in [0.1, 0.15) is 12.7 Å². The minimum Gasteiger partial charge on any atom is -0.462 e. The lowest BCUT2D eigenvalue weighted by atomic mass is 10.1. The average molecular weight is 312 g/mol. The molecule has 0 radical (unpaired) electrons. The van der Waals surface area contributed by atoms with Crippen molar-refractivity contribution in [2.45, 2.75) is 6.92 Å². The second kappa shape index (κ2) is 7.04. The lowest BCUT2D eigenvalue weighted by Crippen LogP contribution is -2.05. The van der Waals surface area contributed by atoms with Crippen molar-refractivity contribution in [3.05, 3.63) is 57.8 Å². The Balaban J connectivity index is 2.37. The second-order valence-corrected chi connectivity index (χ2v) is 4.37. The number of carbonyl (C=O) groups is 1. The number of para-hydroxylation sites is 1. The van der Waals surface area contributed by atoms with Gasteiger partial charge in [0.05, 0.1) is 17.1 Å². The van der Waals surface area contributed by atoms with E-state index in [4.69, 9.17) is 14.4 Å². The summed E-state index contributed by atoms with van der Waals surface area (Å²) in [6, 6.07) is 10.9. The fraction of sp³-hybridized carbons (Fsp3) is 0.125. The zero-order chi connectivity index (χ0) is 16.8. The SMILES string of the molecule is CCOC(=O)/C(C#N)=C/c1ccc(-c2ccccc2[N+](=O)[O-])o1. The molecule has 116 valence electrons. The van der Waals surface area contributed by atoms with E-state index in [0.29, 0.717) is 5.56 Å². The van der Waals surface area contributed by atoms with E-state index in [2.05, 4.69) is 0 Å². The minimum absolute atomic E-state index is 0.0942. The molecule has 0 N–H and O–H groups in total. The highest BCUT2D eigenvalue weighted by Crippen LogP contribution is 2.31. The van der Waals surface area contributed by atoms with Crippen LogP contribution >= 0.6 is 0 Å². The van der Waals surface area contributed by atoms with E-state index in [9.17, 15) is 14.9 Å². The summed E-state index contributed by atoms with van der Waals surface area (Å²) >= 11 is 0. The number of nitro groups is 1. The summed E-state index contributed by atoms with van der Waals surface area (Å²) in [5, 5.41) is 20.0. The smallest absolute Gasteiger partial charge is 0.349 e. The van der Waals surface area contributed by atoms with Crippen molar-refractivity contribution in [1.82, 2.24) is 0 Å². The number of rotatable bonds is 5. The number of carbonyl (C=O) groups excluding carboxylic acids is 1. The standard InChI is InChI=1S/C16H12N2O5/c1-2-22-16(19)11(10-17)9-12-7-8-15(23-12)13-5-3-4-6-14(13)18(20)21/h3-9H,2H2,1H3/b11-9+. The minimum atomic E-state index is -0.751. The monoisotopic (exact) mass is 312 g/mol. The van der Waals surface area contributed by atoms with Crippen molar-refractivity contribution in [2.24, 2.45) is 0 Å². The molecule has 2 rings (SSSR count). The van der Waals surface area contributed by atoms with E-state index in [-0.39, 0.29) is 29.4 Å². The predicted octanol–water partition coefficient (Wildman–Crippen LogP) is 3.32. The molecule has 0 fully saturated rings. The van der Waals surface area contributed by atoms with Crippen LogP contribution in [0.15, 0.2) is 46.4 Å². The summed E-state index contributed by atoms with van der Waals surface area (Å²) in [6.07, 6.45) is 1.23. The zero-order valence-corrected chi connectivity index (χ0v) is 12.2. The van der Waals surface area contributed by atoms with Gasteiger partial charge in [0.2, 0.25) is 0 Å². The number of furan rings is 1.